The number of aromatic amines is 1. The van der Waals surface area contributed by atoms with Crippen molar-refractivity contribution in [2.45, 2.75) is 26.3 Å². The van der Waals surface area contributed by atoms with E-state index in [-0.39, 0.29) is 23.1 Å². The van der Waals surface area contributed by atoms with Crippen LogP contribution in [-0.2, 0) is 0 Å². The van der Waals surface area contributed by atoms with Gasteiger partial charge in [0.05, 0.1) is 5.54 Å². The van der Waals surface area contributed by atoms with Crippen LogP contribution in [0.4, 0.5) is 0 Å². The number of fused-ring (bicyclic) bond motifs is 1. The zero-order chi connectivity index (χ0) is 15.6. The predicted molar refractivity (Wildman–Crippen MR) is 84.3 cm³/mol. The second-order valence-corrected chi connectivity index (χ2v) is 5.83. The maximum atomic E-state index is 12.4. The topological polar surface area (TPSA) is 88.0 Å². The molecule has 0 aliphatic carbocycles. The third-order valence-corrected chi connectivity index (χ3v) is 4.10. The maximum absolute atomic E-state index is 12.4. The highest BCUT2D eigenvalue weighted by Gasteiger charge is 2.29. The molecule has 0 aliphatic rings. The van der Waals surface area contributed by atoms with E-state index in [9.17, 15) is 9.59 Å². The summed E-state index contributed by atoms with van der Waals surface area (Å²) in [6, 6.07) is 8.85. The second kappa shape index (κ2) is 5.69. The van der Waals surface area contributed by atoms with Gasteiger partial charge in [0.25, 0.3) is 11.5 Å². The molecule has 1 atom stereocenters. The molecule has 4 N–H and O–H groups in total. The third-order valence-electron chi connectivity index (χ3n) is 4.10. The number of nitrogens with one attached hydrogen (secondary N) is 2. The maximum Gasteiger partial charge on any atom is 0.268 e. The molecule has 5 heteroatoms. The number of H-pyrrole nitrogens is 1. The second-order valence-electron chi connectivity index (χ2n) is 5.83. The molecule has 1 heterocycles. The fourth-order valence-corrected chi connectivity index (χ4v) is 2.09. The van der Waals surface area contributed by atoms with Crippen molar-refractivity contribution in [1.29, 1.82) is 0 Å². The Balaban J connectivity index is 2.38. The van der Waals surface area contributed by atoms with Crippen LogP contribution < -0.4 is 16.6 Å². The van der Waals surface area contributed by atoms with Crippen LogP contribution in [0.25, 0.3) is 10.8 Å². The lowest BCUT2D eigenvalue weighted by atomic mass is 9.88. The molecule has 2 aromatic rings. The van der Waals surface area contributed by atoms with Gasteiger partial charge in [-0.15, -0.1) is 0 Å². The molecule has 112 valence electrons. The summed E-state index contributed by atoms with van der Waals surface area (Å²) in [6.45, 7) is 6.22. The van der Waals surface area contributed by atoms with Gasteiger partial charge in [0, 0.05) is 11.9 Å². The van der Waals surface area contributed by atoms with Gasteiger partial charge in [-0.05, 0) is 30.4 Å². The molecule has 1 aromatic carbocycles. The Bertz CT molecular complexity index is 721. The van der Waals surface area contributed by atoms with Crippen LogP contribution in [0, 0.1) is 5.92 Å². The van der Waals surface area contributed by atoms with Gasteiger partial charge in [-0.3, -0.25) is 9.59 Å². The first-order chi connectivity index (χ1) is 9.87. The summed E-state index contributed by atoms with van der Waals surface area (Å²) in [5, 5.41) is 4.23. The van der Waals surface area contributed by atoms with Gasteiger partial charge in [-0.1, -0.05) is 32.0 Å². The molecular formula is C16H21N3O2. The molecule has 5 nitrogen and oxygen atoms in total. The van der Waals surface area contributed by atoms with Crippen molar-refractivity contribution in [3.63, 3.8) is 0 Å². The number of aromatic nitrogens is 1. The quantitative estimate of drug-likeness (QED) is 0.798. The molecule has 21 heavy (non-hydrogen) atoms. The van der Waals surface area contributed by atoms with Crippen LogP contribution in [0.3, 0.4) is 0 Å². The van der Waals surface area contributed by atoms with E-state index in [0.717, 1.165) is 5.39 Å². The number of hydrogen-bond acceptors (Lipinski definition) is 3. The molecule has 0 bridgehead atoms. The highest BCUT2D eigenvalue weighted by molar-refractivity contribution is 5.96. The van der Waals surface area contributed by atoms with Gasteiger partial charge in [0.1, 0.15) is 5.69 Å². The van der Waals surface area contributed by atoms with E-state index in [1.54, 1.807) is 18.2 Å². The zero-order valence-electron chi connectivity index (χ0n) is 12.6. The highest BCUT2D eigenvalue weighted by Crippen LogP contribution is 2.16. The van der Waals surface area contributed by atoms with Gasteiger partial charge in [0.2, 0.25) is 0 Å². The number of benzene rings is 1. The van der Waals surface area contributed by atoms with Gasteiger partial charge >= 0.3 is 0 Å². The van der Waals surface area contributed by atoms with Crippen molar-refractivity contribution >= 4 is 16.7 Å². The highest BCUT2D eigenvalue weighted by atomic mass is 16.2. The number of carbonyl (C=O) groups is 1. The van der Waals surface area contributed by atoms with Crippen molar-refractivity contribution in [2.75, 3.05) is 6.54 Å². The number of amides is 1. The lowest BCUT2D eigenvalue weighted by Crippen LogP contribution is -2.55. The Hall–Kier alpha value is -2.14. The number of carbonyl (C=O) groups excluding carboxylic acids is 1. The number of rotatable bonds is 4. The molecule has 0 saturated carbocycles. The Morgan fingerprint density at radius 1 is 1.38 bits per heavy atom. The average Bonchev–Trinajstić information content (AvgIpc) is 2.46. The molecule has 1 amide bonds. The van der Waals surface area contributed by atoms with Crippen molar-refractivity contribution in [1.82, 2.24) is 10.3 Å². The summed E-state index contributed by atoms with van der Waals surface area (Å²) >= 11 is 0. The third kappa shape index (κ3) is 2.97. The SMILES string of the molecule is CC(C)C(C)(CN)NC(=O)c1cc2ccccc2c(=O)[nH]1. The first-order valence-corrected chi connectivity index (χ1v) is 7.02. The van der Waals surface area contributed by atoms with Gasteiger partial charge in [-0.25, -0.2) is 0 Å². The summed E-state index contributed by atoms with van der Waals surface area (Å²) in [5.41, 5.74) is 5.24. The Labute approximate surface area is 123 Å². The molecule has 1 aromatic heterocycles. The monoisotopic (exact) mass is 287 g/mol. The normalized spacial score (nSPS) is 14.1. The van der Waals surface area contributed by atoms with E-state index in [0.29, 0.717) is 11.9 Å². The molecule has 0 saturated heterocycles. The summed E-state index contributed by atoms with van der Waals surface area (Å²) in [7, 11) is 0. The Morgan fingerprint density at radius 2 is 2.05 bits per heavy atom. The van der Waals surface area contributed by atoms with Crippen molar-refractivity contribution in [2.24, 2.45) is 11.7 Å². The Morgan fingerprint density at radius 3 is 2.67 bits per heavy atom. The van der Waals surface area contributed by atoms with Crippen LogP contribution >= 0.6 is 0 Å². The fraction of sp³-hybridized carbons (Fsp3) is 0.375. The minimum absolute atomic E-state index is 0.179. The van der Waals surface area contributed by atoms with E-state index >= 15 is 0 Å². The lowest BCUT2D eigenvalue weighted by molar-refractivity contribution is 0.0878. The molecule has 0 aliphatic heterocycles. The fourth-order valence-electron chi connectivity index (χ4n) is 2.09. The molecule has 0 radical (unpaired) electrons. The van der Waals surface area contributed by atoms with Crippen molar-refractivity contribution in [3.8, 4) is 0 Å². The largest absolute Gasteiger partial charge is 0.344 e. The molecule has 1 unspecified atom stereocenters. The zero-order valence-corrected chi connectivity index (χ0v) is 12.6. The minimum Gasteiger partial charge on any atom is -0.344 e. The van der Waals surface area contributed by atoms with E-state index in [1.807, 2.05) is 32.9 Å². The number of nitrogens with two attached hydrogens (primary N) is 1. The minimum atomic E-state index is -0.514. The lowest BCUT2D eigenvalue weighted by Gasteiger charge is -2.33. The smallest absolute Gasteiger partial charge is 0.268 e. The van der Waals surface area contributed by atoms with Crippen LogP contribution in [0.5, 0.6) is 0 Å². The van der Waals surface area contributed by atoms with Gasteiger partial charge in [0.15, 0.2) is 0 Å². The number of hydrogen-bond donors (Lipinski definition) is 3. The standard InChI is InChI=1S/C16H21N3O2/c1-10(2)16(3,9-17)19-15(21)13-8-11-6-4-5-7-12(11)14(20)18-13/h4-8,10H,9,17H2,1-3H3,(H,18,20)(H,19,21). The van der Waals surface area contributed by atoms with Crippen LogP contribution in [0.2, 0.25) is 0 Å². The van der Waals surface area contributed by atoms with Crippen LogP contribution in [0.15, 0.2) is 35.1 Å². The van der Waals surface area contributed by atoms with Crippen LogP contribution in [0.1, 0.15) is 31.3 Å². The van der Waals surface area contributed by atoms with Crippen molar-refractivity contribution < 1.29 is 4.79 Å². The first kappa shape index (κ1) is 15.3. The summed E-state index contributed by atoms with van der Waals surface area (Å²) in [5.74, 6) is -0.141. The Kier molecular flexibility index (Phi) is 4.14. The first-order valence-electron chi connectivity index (χ1n) is 7.02. The van der Waals surface area contributed by atoms with E-state index < -0.39 is 5.54 Å². The van der Waals surface area contributed by atoms with Gasteiger partial charge in [-0.2, -0.15) is 0 Å². The van der Waals surface area contributed by atoms with Crippen molar-refractivity contribution in [3.05, 3.63) is 46.4 Å². The van der Waals surface area contributed by atoms with E-state index in [4.69, 9.17) is 5.73 Å². The molecule has 0 fully saturated rings. The van der Waals surface area contributed by atoms with Crippen LogP contribution in [-0.4, -0.2) is 23.0 Å². The van der Waals surface area contributed by atoms with E-state index in [1.165, 1.54) is 0 Å². The van der Waals surface area contributed by atoms with Gasteiger partial charge < -0.3 is 16.0 Å². The number of pyridine rings is 1. The van der Waals surface area contributed by atoms with E-state index in [2.05, 4.69) is 10.3 Å². The summed E-state index contributed by atoms with van der Waals surface area (Å²) < 4.78 is 0. The summed E-state index contributed by atoms with van der Waals surface area (Å²) in [4.78, 5) is 27.0. The molecule has 0 spiro atoms. The predicted octanol–water partition coefficient (Wildman–Crippen LogP) is 1.63. The molecular weight excluding hydrogens is 266 g/mol. The summed E-state index contributed by atoms with van der Waals surface area (Å²) in [6.07, 6.45) is 0. The molecule has 2 rings (SSSR count). The average molecular weight is 287 g/mol.